The zero-order chi connectivity index (χ0) is 18.2. The molecule has 0 heterocycles. The van der Waals surface area contributed by atoms with E-state index in [9.17, 15) is 9.59 Å². The average molecular weight is 358 g/mol. The fourth-order valence-electron chi connectivity index (χ4n) is 2.26. The minimum atomic E-state index is -0.561. The maximum absolute atomic E-state index is 11.9. The molecule has 25 heavy (non-hydrogen) atoms. The van der Waals surface area contributed by atoms with Crippen LogP contribution in [0.25, 0.3) is 6.08 Å². The Hall–Kier alpha value is -2.59. The highest BCUT2D eigenvalue weighted by Gasteiger charge is 2.11. The Bertz CT molecular complexity index is 786. The lowest BCUT2D eigenvalue weighted by molar-refractivity contribution is -0.144. The van der Waals surface area contributed by atoms with Gasteiger partial charge in [0.25, 0.3) is 5.91 Å². The summed E-state index contributed by atoms with van der Waals surface area (Å²) in [6.45, 7) is 3.46. The van der Waals surface area contributed by atoms with Crippen LogP contribution in [0, 0.1) is 6.92 Å². The summed E-state index contributed by atoms with van der Waals surface area (Å²) in [5.41, 5.74) is 2.87. The number of hydrogen-bond donors (Lipinski definition) is 1. The van der Waals surface area contributed by atoms with Gasteiger partial charge in [0, 0.05) is 11.1 Å². The van der Waals surface area contributed by atoms with E-state index >= 15 is 0 Å². The number of benzene rings is 2. The number of carbonyl (C=O) groups is 2. The van der Waals surface area contributed by atoms with Crippen LogP contribution in [0.5, 0.6) is 0 Å². The third-order valence-electron chi connectivity index (χ3n) is 3.66. The Morgan fingerprint density at radius 1 is 1.20 bits per heavy atom. The summed E-state index contributed by atoms with van der Waals surface area (Å²) >= 11 is 5.93. The third kappa shape index (κ3) is 6.08. The molecule has 0 spiro atoms. The Balaban J connectivity index is 1.81. The molecule has 0 aromatic heterocycles. The molecule has 2 aromatic carbocycles. The van der Waals surface area contributed by atoms with Crippen molar-refractivity contribution in [3.05, 3.63) is 76.3 Å². The topological polar surface area (TPSA) is 55.4 Å². The molecule has 1 amide bonds. The molecule has 0 bridgehead atoms. The van der Waals surface area contributed by atoms with E-state index in [1.54, 1.807) is 18.2 Å². The van der Waals surface area contributed by atoms with Gasteiger partial charge in [-0.15, -0.1) is 0 Å². The number of hydrogen-bond acceptors (Lipinski definition) is 3. The van der Waals surface area contributed by atoms with Gasteiger partial charge in [-0.3, -0.25) is 4.79 Å². The predicted molar refractivity (Wildman–Crippen MR) is 99.2 cm³/mol. The summed E-state index contributed by atoms with van der Waals surface area (Å²) in [6.07, 6.45) is 2.99. The lowest BCUT2D eigenvalue weighted by Crippen LogP contribution is -2.30. The molecule has 2 rings (SSSR count). The van der Waals surface area contributed by atoms with Gasteiger partial charge in [-0.25, -0.2) is 4.79 Å². The number of nitrogens with one attached hydrogen (secondary N) is 1. The molecule has 0 aliphatic rings. The SMILES string of the molecule is Cc1ccccc1/C=C/C(=O)OCC(=O)N[C@@H](C)c1cccc(Cl)c1. The molecule has 0 radical (unpaired) electrons. The number of rotatable bonds is 6. The summed E-state index contributed by atoms with van der Waals surface area (Å²) in [5.74, 6) is -0.932. The Labute approximate surface area is 152 Å². The summed E-state index contributed by atoms with van der Waals surface area (Å²) in [4.78, 5) is 23.6. The van der Waals surface area contributed by atoms with Crippen molar-refractivity contribution in [2.45, 2.75) is 19.9 Å². The molecule has 1 atom stereocenters. The van der Waals surface area contributed by atoms with E-state index in [0.717, 1.165) is 16.7 Å². The average Bonchev–Trinajstić information content (AvgIpc) is 2.59. The second kappa shape index (κ2) is 9.04. The summed E-state index contributed by atoms with van der Waals surface area (Å²) in [5, 5.41) is 3.37. The van der Waals surface area contributed by atoms with Crippen molar-refractivity contribution in [3.63, 3.8) is 0 Å². The largest absolute Gasteiger partial charge is 0.452 e. The Morgan fingerprint density at radius 3 is 2.68 bits per heavy atom. The van der Waals surface area contributed by atoms with E-state index in [2.05, 4.69) is 5.32 Å². The zero-order valence-electron chi connectivity index (χ0n) is 14.2. The number of halogens is 1. The van der Waals surface area contributed by atoms with Gasteiger partial charge in [0.05, 0.1) is 6.04 Å². The lowest BCUT2D eigenvalue weighted by atomic mass is 10.1. The fraction of sp³-hybridized carbons (Fsp3) is 0.200. The molecule has 1 N–H and O–H groups in total. The first kappa shape index (κ1) is 18.7. The van der Waals surface area contributed by atoms with Gasteiger partial charge in [-0.2, -0.15) is 0 Å². The molecular weight excluding hydrogens is 338 g/mol. The van der Waals surface area contributed by atoms with E-state index in [4.69, 9.17) is 16.3 Å². The summed E-state index contributed by atoms with van der Waals surface area (Å²) < 4.78 is 4.96. The highest BCUT2D eigenvalue weighted by Crippen LogP contribution is 2.17. The Morgan fingerprint density at radius 2 is 1.96 bits per heavy atom. The molecule has 0 unspecified atom stereocenters. The molecule has 5 heteroatoms. The van der Waals surface area contributed by atoms with Crippen molar-refractivity contribution in [2.75, 3.05) is 6.61 Å². The van der Waals surface area contributed by atoms with Gasteiger partial charge >= 0.3 is 5.97 Å². The molecule has 2 aromatic rings. The molecular formula is C20H20ClNO3. The quantitative estimate of drug-likeness (QED) is 0.626. The first-order valence-electron chi connectivity index (χ1n) is 7.91. The van der Waals surface area contributed by atoms with Crippen molar-refractivity contribution in [2.24, 2.45) is 0 Å². The maximum Gasteiger partial charge on any atom is 0.331 e. The number of ether oxygens (including phenoxy) is 1. The smallest absolute Gasteiger partial charge is 0.331 e. The fourth-order valence-corrected chi connectivity index (χ4v) is 2.46. The van der Waals surface area contributed by atoms with Crippen LogP contribution < -0.4 is 5.32 Å². The van der Waals surface area contributed by atoms with Gasteiger partial charge in [-0.1, -0.05) is 48.0 Å². The van der Waals surface area contributed by atoms with Crippen molar-refractivity contribution in [1.82, 2.24) is 5.32 Å². The van der Waals surface area contributed by atoms with Crippen LogP contribution in [0.1, 0.15) is 29.7 Å². The summed E-state index contributed by atoms with van der Waals surface area (Å²) in [7, 11) is 0. The lowest BCUT2D eigenvalue weighted by Gasteiger charge is -2.14. The van der Waals surface area contributed by atoms with Crippen molar-refractivity contribution in [3.8, 4) is 0 Å². The number of esters is 1. The highest BCUT2D eigenvalue weighted by atomic mass is 35.5. The van der Waals surface area contributed by atoms with E-state index < -0.39 is 5.97 Å². The minimum Gasteiger partial charge on any atom is -0.452 e. The number of carbonyl (C=O) groups excluding carboxylic acids is 2. The van der Waals surface area contributed by atoms with E-state index in [-0.39, 0.29) is 18.6 Å². The molecule has 0 saturated carbocycles. The van der Waals surface area contributed by atoms with E-state index in [1.165, 1.54) is 6.08 Å². The first-order valence-corrected chi connectivity index (χ1v) is 8.29. The van der Waals surface area contributed by atoms with Crippen LogP contribution in [-0.4, -0.2) is 18.5 Å². The highest BCUT2D eigenvalue weighted by molar-refractivity contribution is 6.30. The van der Waals surface area contributed by atoms with Crippen LogP contribution in [0.15, 0.2) is 54.6 Å². The molecule has 0 saturated heterocycles. The third-order valence-corrected chi connectivity index (χ3v) is 3.89. The second-order valence-electron chi connectivity index (χ2n) is 5.64. The van der Waals surface area contributed by atoms with Crippen LogP contribution in [0.2, 0.25) is 5.02 Å². The minimum absolute atomic E-state index is 0.229. The van der Waals surface area contributed by atoms with Crippen molar-refractivity contribution < 1.29 is 14.3 Å². The zero-order valence-corrected chi connectivity index (χ0v) is 14.9. The number of amides is 1. The molecule has 0 aliphatic heterocycles. The molecule has 130 valence electrons. The van der Waals surface area contributed by atoms with Crippen LogP contribution >= 0.6 is 11.6 Å². The summed E-state index contributed by atoms with van der Waals surface area (Å²) in [6, 6.07) is 14.7. The normalized spacial score (nSPS) is 12.0. The van der Waals surface area contributed by atoms with E-state index in [0.29, 0.717) is 5.02 Å². The van der Waals surface area contributed by atoms with Gasteiger partial charge in [-0.05, 0) is 48.7 Å². The molecule has 4 nitrogen and oxygen atoms in total. The molecule has 0 aliphatic carbocycles. The van der Waals surface area contributed by atoms with Gasteiger partial charge in [0.15, 0.2) is 6.61 Å². The maximum atomic E-state index is 11.9. The standard InChI is InChI=1S/C20H20ClNO3/c1-14-6-3-4-7-16(14)10-11-20(24)25-13-19(23)22-15(2)17-8-5-9-18(21)12-17/h3-12,15H,13H2,1-2H3,(H,22,23)/b11-10+/t15-/m0/s1. The van der Waals surface area contributed by atoms with E-state index in [1.807, 2.05) is 50.2 Å². The van der Waals surface area contributed by atoms with Crippen LogP contribution in [-0.2, 0) is 14.3 Å². The predicted octanol–water partition coefficient (Wildman–Crippen LogP) is 4.08. The van der Waals surface area contributed by atoms with Crippen LogP contribution in [0.3, 0.4) is 0 Å². The Kier molecular flexibility index (Phi) is 6.78. The van der Waals surface area contributed by atoms with Crippen molar-refractivity contribution >= 4 is 29.6 Å². The van der Waals surface area contributed by atoms with Crippen molar-refractivity contribution in [1.29, 1.82) is 0 Å². The number of aryl methyl sites for hydroxylation is 1. The van der Waals surface area contributed by atoms with Gasteiger partial charge in [0.2, 0.25) is 0 Å². The monoisotopic (exact) mass is 357 g/mol. The van der Waals surface area contributed by atoms with Gasteiger partial charge in [0.1, 0.15) is 0 Å². The first-order chi connectivity index (χ1) is 12.0. The van der Waals surface area contributed by atoms with Gasteiger partial charge < -0.3 is 10.1 Å². The second-order valence-corrected chi connectivity index (χ2v) is 6.08. The molecule has 0 fully saturated rings. The van der Waals surface area contributed by atoms with Crippen LogP contribution in [0.4, 0.5) is 0 Å².